The van der Waals surface area contributed by atoms with Gasteiger partial charge in [0, 0.05) is 16.6 Å². The van der Waals surface area contributed by atoms with Gasteiger partial charge in [-0.05, 0) is 46.0 Å². The van der Waals surface area contributed by atoms with Crippen molar-refractivity contribution in [2.24, 2.45) is 0 Å². The first kappa shape index (κ1) is 15.7. The van der Waals surface area contributed by atoms with Gasteiger partial charge < -0.3 is 4.98 Å². The van der Waals surface area contributed by atoms with E-state index in [1.807, 2.05) is 0 Å². The molecule has 5 aromatic rings. The molecule has 0 aliphatic rings. The highest BCUT2D eigenvalue weighted by Gasteiger charge is 2.11. The Morgan fingerprint density at radius 2 is 1.00 bits per heavy atom. The summed E-state index contributed by atoms with van der Waals surface area (Å²) in [6.45, 7) is 0. The molecule has 128 valence electrons. The third-order valence-electron chi connectivity index (χ3n) is 5.01. The van der Waals surface area contributed by atoms with E-state index >= 15 is 0 Å². The summed E-state index contributed by atoms with van der Waals surface area (Å²) < 4.78 is 0. The SMILES string of the molecule is c1ccc(-c2cc(-c3ccccc3)c3cc(-c4ccccc4)[nH]c3c2)cc1. The Kier molecular flexibility index (Phi) is 3.84. The summed E-state index contributed by atoms with van der Waals surface area (Å²) in [4.78, 5) is 3.63. The largest absolute Gasteiger partial charge is 0.354 e. The molecule has 4 aromatic carbocycles. The summed E-state index contributed by atoms with van der Waals surface area (Å²) >= 11 is 0. The van der Waals surface area contributed by atoms with Crippen LogP contribution in [-0.4, -0.2) is 4.98 Å². The molecule has 0 atom stereocenters. The first-order valence-electron chi connectivity index (χ1n) is 9.21. The summed E-state index contributed by atoms with van der Waals surface area (Å²) in [6.07, 6.45) is 0. The molecule has 1 N–H and O–H groups in total. The first-order valence-corrected chi connectivity index (χ1v) is 9.21. The minimum Gasteiger partial charge on any atom is -0.354 e. The van der Waals surface area contributed by atoms with Crippen LogP contribution in [-0.2, 0) is 0 Å². The minimum atomic E-state index is 1.15. The number of aromatic nitrogens is 1. The average molecular weight is 345 g/mol. The molecule has 1 heterocycles. The second kappa shape index (κ2) is 6.62. The van der Waals surface area contributed by atoms with Crippen LogP contribution >= 0.6 is 0 Å². The molecule has 0 aliphatic carbocycles. The van der Waals surface area contributed by atoms with E-state index in [-0.39, 0.29) is 0 Å². The molecular weight excluding hydrogens is 326 g/mol. The van der Waals surface area contributed by atoms with Crippen molar-refractivity contribution in [1.82, 2.24) is 4.98 Å². The van der Waals surface area contributed by atoms with Crippen molar-refractivity contribution in [3.8, 4) is 33.5 Å². The monoisotopic (exact) mass is 345 g/mol. The van der Waals surface area contributed by atoms with Crippen molar-refractivity contribution < 1.29 is 0 Å². The maximum atomic E-state index is 3.63. The Morgan fingerprint density at radius 1 is 0.444 bits per heavy atom. The molecule has 0 amide bonds. The fourth-order valence-corrected chi connectivity index (χ4v) is 3.66. The van der Waals surface area contributed by atoms with Crippen LogP contribution in [0.25, 0.3) is 44.4 Å². The van der Waals surface area contributed by atoms with Gasteiger partial charge in [-0.1, -0.05) is 91.0 Å². The van der Waals surface area contributed by atoms with Crippen molar-refractivity contribution in [2.75, 3.05) is 0 Å². The van der Waals surface area contributed by atoms with Gasteiger partial charge in [-0.3, -0.25) is 0 Å². The van der Waals surface area contributed by atoms with Gasteiger partial charge in [-0.25, -0.2) is 0 Å². The fourth-order valence-electron chi connectivity index (χ4n) is 3.66. The van der Waals surface area contributed by atoms with E-state index in [0.717, 1.165) is 11.2 Å². The molecule has 0 radical (unpaired) electrons. The third kappa shape index (κ3) is 2.94. The Labute approximate surface area is 158 Å². The lowest BCUT2D eigenvalue weighted by Gasteiger charge is -2.08. The fraction of sp³-hybridized carbons (Fsp3) is 0. The highest BCUT2D eigenvalue weighted by atomic mass is 14.7. The number of fused-ring (bicyclic) bond motifs is 1. The van der Waals surface area contributed by atoms with E-state index in [0.29, 0.717) is 0 Å². The van der Waals surface area contributed by atoms with Crippen LogP contribution in [0.3, 0.4) is 0 Å². The normalized spacial score (nSPS) is 11.0. The Bertz CT molecular complexity index is 1190. The summed E-state index contributed by atoms with van der Waals surface area (Å²) in [5, 5.41) is 1.25. The predicted octanol–water partition coefficient (Wildman–Crippen LogP) is 7.17. The van der Waals surface area contributed by atoms with Gasteiger partial charge in [0.25, 0.3) is 0 Å². The third-order valence-corrected chi connectivity index (χ3v) is 5.01. The number of H-pyrrole nitrogens is 1. The molecule has 0 fully saturated rings. The first-order chi connectivity index (χ1) is 13.4. The van der Waals surface area contributed by atoms with Gasteiger partial charge in [0.1, 0.15) is 0 Å². The van der Waals surface area contributed by atoms with Crippen molar-refractivity contribution in [3.63, 3.8) is 0 Å². The van der Waals surface area contributed by atoms with E-state index in [4.69, 9.17) is 0 Å². The molecule has 0 bridgehead atoms. The number of nitrogens with one attached hydrogen (secondary N) is 1. The maximum absolute atomic E-state index is 3.63. The Balaban J connectivity index is 1.78. The minimum absolute atomic E-state index is 1.15. The van der Waals surface area contributed by atoms with Crippen LogP contribution in [0, 0.1) is 0 Å². The van der Waals surface area contributed by atoms with Crippen LogP contribution < -0.4 is 0 Å². The maximum Gasteiger partial charge on any atom is 0.0471 e. The van der Waals surface area contributed by atoms with Gasteiger partial charge in [-0.15, -0.1) is 0 Å². The number of aromatic amines is 1. The average Bonchev–Trinajstić information content (AvgIpc) is 3.19. The van der Waals surface area contributed by atoms with Crippen molar-refractivity contribution in [3.05, 3.63) is 109 Å². The van der Waals surface area contributed by atoms with E-state index in [1.54, 1.807) is 0 Å². The van der Waals surface area contributed by atoms with Crippen molar-refractivity contribution in [2.45, 2.75) is 0 Å². The quantitative estimate of drug-likeness (QED) is 0.357. The molecule has 0 unspecified atom stereocenters. The van der Waals surface area contributed by atoms with E-state index in [9.17, 15) is 0 Å². The van der Waals surface area contributed by atoms with E-state index in [2.05, 4.69) is 114 Å². The standard InChI is InChI=1S/C26H19N/c1-4-10-19(11-5-1)22-16-23(20-12-6-2-7-13-20)24-18-25(27-26(24)17-22)21-14-8-3-9-15-21/h1-18,27H. The van der Waals surface area contributed by atoms with Crippen LogP contribution in [0.4, 0.5) is 0 Å². The van der Waals surface area contributed by atoms with Crippen LogP contribution in [0.5, 0.6) is 0 Å². The lowest BCUT2D eigenvalue weighted by Crippen LogP contribution is -1.83. The van der Waals surface area contributed by atoms with Gasteiger partial charge in [0.05, 0.1) is 0 Å². The van der Waals surface area contributed by atoms with Crippen molar-refractivity contribution in [1.29, 1.82) is 0 Å². The molecule has 1 heteroatoms. The zero-order valence-electron chi connectivity index (χ0n) is 14.9. The van der Waals surface area contributed by atoms with Gasteiger partial charge in [-0.2, -0.15) is 0 Å². The number of hydrogen-bond donors (Lipinski definition) is 1. The summed E-state index contributed by atoms with van der Waals surface area (Å²) in [5.41, 5.74) is 8.45. The van der Waals surface area contributed by atoms with Crippen LogP contribution in [0.1, 0.15) is 0 Å². The summed E-state index contributed by atoms with van der Waals surface area (Å²) in [7, 11) is 0. The zero-order valence-corrected chi connectivity index (χ0v) is 14.9. The van der Waals surface area contributed by atoms with Gasteiger partial charge >= 0.3 is 0 Å². The number of benzene rings is 4. The molecule has 1 aromatic heterocycles. The van der Waals surface area contributed by atoms with E-state index < -0.39 is 0 Å². The highest BCUT2D eigenvalue weighted by Crippen LogP contribution is 2.36. The second-order valence-corrected chi connectivity index (χ2v) is 6.77. The summed E-state index contributed by atoms with van der Waals surface area (Å²) in [5.74, 6) is 0. The summed E-state index contributed by atoms with van der Waals surface area (Å²) in [6, 6.07) is 38.5. The smallest absolute Gasteiger partial charge is 0.0471 e. The molecule has 27 heavy (non-hydrogen) atoms. The molecule has 1 nitrogen and oxygen atoms in total. The van der Waals surface area contributed by atoms with E-state index in [1.165, 1.54) is 33.2 Å². The topological polar surface area (TPSA) is 15.8 Å². The Morgan fingerprint density at radius 3 is 1.63 bits per heavy atom. The van der Waals surface area contributed by atoms with Gasteiger partial charge in [0.15, 0.2) is 0 Å². The Hall–Kier alpha value is -3.58. The molecule has 0 aliphatic heterocycles. The lowest BCUT2D eigenvalue weighted by molar-refractivity contribution is 1.45. The molecule has 0 saturated heterocycles. The lowest BCUT2D eigenvalue weighted by atomic mass is 9.96. The molecule has 0 saturated carbocycles. The molecule has 0 spiro atoms. The number of rotatable bonds is 3. The molecule has 5 rings (SSSR count). The predicted molar refractivity (Wildman–Crippen MR) is 115 cm³/mol. The number of hydrogen-bond acceptors (Lipinski definition) is 0. The zero-order chi connectivity index (χ0) is 18.1. The highest BCUT2D eigenvalue weighted by molar-refractivity contribution is 6.01. The van der Waals surface area contributed by atoms with Crippen molar-refractivity contribution >= 4 is 10.9 Å². The van der Waals surface area contributed by atoms with Crippen LogP contribution in [0.2, 0.25) is 0 Å². The van der Waals surface area contributed by atoms with Crippen LogP contribution in [0.15, 0.2) is 109 Å². The molecular formula is C26H19N. The second-order valence-electron chi connectivity index (χ2n) is 6.77. The van der Waals surface area contributed by atoms with Gasteiger partial charge in [0.2, 0.25) is 0 Å².